The first kappa shape index (κ1) is 11.9. The van der Waals surface area contributed by atoms with Crippen molar-refractivity contribution in [3.63, 3.8) is 0 Å². The third-order valence-electron chi connectivity index (χ3n) is 1.82. The highest BCUT2D eigenvalue weighted by Crippen LogP contribution is 2.13. The molecule has 5 heteroatoms. The summed E-state index contributed by atoms with van der Waals surface area (Å²) in [5, 5.41) is 8.41. The van der Waals surface area contributed by atoms with Crippen LogP contribution in [0, 0.1) is 20.7 Å². The molecule has 0 spiro atoms. The predicted octanol–water partition coefficient (Wildman–Crippen LogP) is 2.03. The second kappa shape index (κ2) is 5.07. The Bertz CT molecular complexity index is 428. The van der Waals surface area contributed by atoms with Gasteiger partial charge in [-0.3, -0.25) is 4.79 Å². The van der Waals surface area contributed by atoms with Gasteiger partial charge in [0.2, 0.25) is 0 Å². The van der Waals surface area contributed by atoms with Crippen LogP contribution < -0.4 is 0 Å². The number of nitrogens with zero attached hydrogens (tertiary/aromatic N) is 2. The predicted molar refractivity (Wildman–Crippen MR) is 61.7 cm³/mol. The fourth-order valence-corrected chi connectivity index (χ4v) is 1.36. The summed E-state index contributed by atoms with van der Waals surface area (Å²) in [7, 11) is 1.50. The average Bonchev–Trinajstić information content (AvgIpc) is 2.21. The van der Waals surface area contributed by atoms with Crippen molar-refractivity contribution in [1.82, 2.24) is 4.90 Å². The summed E-state index contributed by atoms with van der Waals surface area (Å²) < 4.78 is 13.6. The zero-order valence-electron chi connectivity index (χ0n) is 8.00. The minimum Gasteiger partial charge on any atom is -0.328 e. The van der Waals surface area contributed by atoms with Gasteiger partial charge in [0.25, 0.3) is 5.91 Å². The molecule has 0 bridgehead atoms. The molecule has 78 valence electrons. The van der Waals surface area contributed by atoms with Crippen LogP contribution >= 0.6 is 22.6 Å². The van der Waals surface area contributed by atoms with Gasteiger partial charge in [-0.1, -0.05) is 0 Å². The molecule has 0 fully saturated rings. The summed E-state index contributed by atoms with van der Waals surface area (Å²) in [6.45, 7) is -0.00750. The number of amides is 1. The van der Waals surface area contributed by atoms with Crippen molar-refractivity contribution < 1.29 is 9.18 Å². The summed E-state index contributed by atoms with van der Waals surface area (Å²) in [6.07, 6.45) is 0. The first-order valence-electron chi connectivity index (χ1n) is 4.13. The third kappa shape index (κ3) is 2.89. The average molecular weight is 318 g/mol. The van der Waals surface area contributed by atoms with E-state index in [4.69, 9.17) is 5.26 Å². The fraction of sp³-hybridized carbons (Fsp3) is 0.200. The van der Waals surface area contributed by atoms with Crippen molar-refractivity contribution in [2.24, 2.45) is 0 Å². The van der Waals surface area contributed by atoms with Crippen molar-refractivity contribution >= 4 is 28.5 Å². The van der Waals surface area contributed by atoms with Crippen molar-refractivity contribution in [3.8, 4) is 6.07 Å². The second-order valence-electron chi connectivity index (χ2n) is 2.95. The molecule has 0 aliphatic carbocycles. The molecule has 3 nitrogen and oxygen atoms in total. The number of benzene rings is 1. The third-order valence-corrected chi connectivity index (χ3v) is 2.70. The molecule has 1 rings (SSSR count). The number of hydrogen-bond acceptors (Lipinski definition) is 2. The molecule has 0 aromatic heterocycles. The Balaban J connectivity index is 2.93. The van der Waals surface area contributed by atoms with Gasteiger partial charge >= 0.3 is 0 Å². The van der Waals surface area contributed by atoms with Gasteiger partial charge in [0.15, 0.2) is 0 Å². The summed E-state index contributed by atoms with van der Waals surface area (Å²) in [4.78, 5) is 12.8. The number of hydrogen-bond donors (Lipinski definition) is 0. The van der Waals surface area contributed by atoms with Crippen LogP contribution in [0.1, 0.15) is 10.4 Å². The second-order valence-corrected chi connectivity index (χ2v) is 4.11. The van der Waals surface area contributed by atoms with E-state index in [1.54, 1.807) is 6.07 Å². The van der Waals surface area contributed by atoms with Gasteiger partial charge in [-0.05, 0) is 40.8 Å². The molecule has 1 aromatic rings. The van der Waals surface area contributed by atoms with E-state index in [0.29, 0.717) is 3.57 Å². The van der Waals surface area contributed by atoms with Crippen LogP contribution in [0.4, 0.5) is 4.39 Å². The maximum atomic E-state index is 13.1. The maximum Gasteiger partial charge on any atom is 0.254 e. The van der Waals surface area contributed by atoms with E-state index in [0.717, 1.165) is 0 Å². The molecule has 0 N–H and O–H groups in total. The Hall–Kier alpha value is -1.16. The first-order valence-corrected chi connectivity index (χ1v) is 5.21. The van der Waals surface area contributed by atoms with Gasteiger partial charge in [0, 0.05) is 16.2 Å². The number of rotatable bonds is 2. The molecule has 0 atom stereocenters. The Kier molecular flexibility index (Phi) is 4.03. The molecule has 1 amide bonds. The standard InChI is InChI=1S/C10H8FIN2O/c1-14(5-4-13)10(15)7-2-3-9(12)8(11)6-7/h2-3,6H,5H2,1H3. The van der Waals surface area contributed by atoms with E-state index in [-0.39, 0.29) is 18.0 Å². The lowest BCUT2D eigenvalue weighted by atomic mass is 10.2. The number of carbonyl (C=O) groups excluding carboxylic acids is 1. The quantitative estimate of drug-likeness (QED) is 0.619. The van der Waals surface area contributed by atoms with E-state index < -0.39 is 5.82 Å². The summed E-state index contributed by atoms with van der Waals surface area (Å²) in [5.74, 6) is -0.779. The van der Waals surface area contributed by atoms with Crippen molar-refractivity contribution in [2.45, 2.75) is 0 Å². The van der Waals surface area contributed by atoms with Crippen molar-refractivity contribution in [3.05, 3.63) is 33.1 Å². The SMILES string of the molecule is CN(CC#N)C(=O)c1ccc(I)c(F)c1. The van der Waals surface area contributed by atoms with E-state index in [9.17, 15) is 9.18 Å². The van der Waals surface area contributed by atoms with Crippen LogP contribution in [0.5, 0.6) is 0 Å². The van der Waals surface area contributed by atoms with E-state index >= 15 is 0 Å². The van der Waals surface area contributed by atoms with Crippen LogP contribution in [0.25, 0.3) is 0 Å². The fourth-order valence-electron chi connectivity index (χ4n) is 1.03. The smallest absolute Gasteiger partial charge is 0.254 e. The van der Waals surface area contributed by atoms with E-state index in [1.807, 2.05) is 28.7 Å². The van der Waals surface area contributed by atoms with E-state index in [2.05, 4.69) is 0 Å². The Morgan fingerprint density at radius 3 is 2.87 bits per heavy atom. The topological polar surface area (TPSA) is 44.1 Å². The molecule has 0 aliphatic heterocycles. The van der Waals surface area contributed by atoms with Gasteiger partial charge in [0.05, 0.1) is 6.07 Å². The van der Waals surface area contributed by atoms with Crippen LogP contribution in [0.2, 0.25) is 0 Å². The lowest BCUT2D eigenvalue weighted by Crippen LogP contribution is -2.27. The minimum atomic E-state index is -0.424. The highest BCUT2D eigenvalue weighted by Gasteiger charge is 2.12. The molecule has 0 unspecified atom stereocenters. The first-order chi connectivity index (χ1) is 7.06. The zero-order chi connectivity index (χ0) is 11.4. The number of nitriles is 1. The van der Waals surface area contributed by atoms with Crippen molar-refractivity contribution in [1.29, 1.82) is 5.26 Å². The van der Waals surface area contributed by atoms with Gasteiger partial charge in [0.1, 0.15) is 12.4 Å². The maximum absolute atomic E-state index is 13.1. The molecule has 1 aromatic carbocycles. The van der Waals surface area contributed by atoms with Gasteiger partial charge in [-0.15, -0.1) is 0 Å². The van der Waals surface area contributed by atoms with Crippen LogP contribution in [0.15, 0.2) is 18.2 Å². The number of halogens is 2. The lowest BCUT2D eigenvalue weighted by molar-refractivity contribution is 0.0811. The van der Waals surface area contributed by atoms with Gasteiger partial charge < -0.3 is 4.90 Å². The summed E-state index contributed by atoms with van der Waals surface area (Å²) >= 11 is 1.85. The van der Waals surface area contributed by atoms with Crippen LogP contribution in [0.3, 0.4) is 0 Å². The molecule has 0 radical (unpaired) electrons. The van der Waals surface area contributed by atoms with Crippen LogP contribution in [-0.2, 0) is 0 Å². The molecule has 15 heavy (non-hydrogen) atoms. The summed E-state index contributed by atoms with van der Waals surface area (Å²) in [6, 6.07) is 6.11. The Morgan fingerprint density at radius 2 is 2.33 bits per heavy atom. The van der Waals surface area contributed by atoms with Gasteiger partial charge in [-0.25, -0.2) is 4.39 Å². The molecular formula is C10H8FIN2O. The largest absolute Gasteiger partial charge is 0.328 e. The van der Waals surface area contributed by atoms with Gasteiger partial charge in [-0.2, -0.15) is 5.26 Å². The normalized spacial score (nSPS) is 9.47. The molecular weight excluding hydrogens is 310 g/mol. The summed E-state index contributed by atoms with van der Waals surface area (Å²) in [5.41, 5.74) is 0.255. The molecule has 0 saturated heterocycles. The van der Waals surface area contributed by atoms with Crippen molar-refractivity contribution in [2.75, 3.05) is 13.6 Å². The lowest BCUT2D eigenvalue weighted by Gasteiger charge is -2.12. The number of carbonyl (C=O) groups is 1. The highest BCUT2D eigenvalue weighted by molar-refractivity contribution is 14.1. The monoisotopic (exact) mass is 318 g/mol. The molecule has 0 heterocycles. The van der Waals surface area contributed by atoms with E-state index in [1.165, 1.54) is 24.1 Å². The zero-order valence-corrected chi connectivity index (χ0v) is 10.2. The molecule has 0 aliphatic rings. The molecule has 0 saturated carbocycles. The Morgan fingerprint density at radius 1 is 1.67 bits per heavy atom. The minimum absolute atomic E-state index is 0.00750. The van der Waals surface area contributed by atoms with Crippen LogP contribution in [-0.4, -0.2) is 24.4 Å². The highest BCUT2D eigenvalue weighted by atomic mass is 127. The Labute approximate surface area is 101 Å².